The van der Waals surface area contributed by atoms with Gasteiger partial charge in [-0.2, -0.15) is 0 Å². The highest BCUT2D eigenvalue weighted by Gasteiger charge is 2.21. The first-order chi connectivity index (χ1) is 22.0. The molecule has 0 aliphatic carbocycles. The summed E-state index contributed by atoms with van der Waals surface area (Å²) in [6.07, 6.45) is 1.83. The number of halogens is 1. The van der Waals surface area contributed by atoms with Crippen molar-refractivity contribution in [2.45, 2.75) is 23.5 Å². The Labute approximate surface area is 272 Å². The summed E-state index contributed by atoms with van der Waals surface area (Å²) >= 11 is 7.41. The Hall–Kier alpha value is -5.46. The number of carbonyl (C=O) groups is 4. The maximum Gasteiger partial charge on any atom is 0.335 e. The molecule has 13 heteroatoms. The maximum absolute atomic E-state index is 13.4. The molecule has 4 rings (SSSR count). The molecule has 0 fully saturated rings. The van der Waals surface area contributed by atoms with Crippen LogP contribution in [-0.2, 0) is 9.59 Å². The van der Waals surface area contributed by atoms with Crippen LogP contribution in [0.15, 0.2) is 108 Å². The number of benzene rings is 4. The first kappa shape index (κ1) is 33.4. The smallest absolute Gasteiger partial charge is 0.335 e. The van der Waals surface area contributed by atoms with Gasteiger partial charge in [0, 0.05) is 28.3 Å². The van der Waals surface area contributed by atoms with Gasteiger partial charge in [-0.1, -0.05) is 42.8 Å². The lowest BCUT2D eigenvalue weighted by Crippen LogP contribution is -2.30. The molecule has 234 valence electrons. The lowest BCUT2D eigenvalue weighted by Gasteiger charge is -2.17. The molecule has 46 heavy (non-hydrogen) atoms. The van der Waals surface area contributed by atoms with Crippen LogP contribution in [0.3, 0.4) is 0 Å². The van der Waals surface area contributed by atoms with Crippen molar-refractivity contribution >= 4 is 70.2 Å². The van der Waals surface area contributed by atoms with Gasteiger partial charge in [-0.3, -0.25) is 24.5 Å². The largest absolute Gasteiger partial charge is 0.478 e. The van der Waals surface area contributed by atoms with Crippen LogP contribution in [0.1, 0.15) is 39.6 Å². The third kappa shape index (κ3) is 9.03. The van der Waals surface area contributed by atoms with E-state index in [0.717, 1.165) is 0 Å². The zero-order valence-corrected chi connectivity index (χ0v) is 25.8. The van der Waals surface area contributed by atoms with Crippen LogP contribution in [0.2, 0.25) is 5.02 Å². The number of non-ortho nitro benzene ring substituents is 1. The molecule has 4 aromatic rings. The Kier molecular flexibility index (Phi) is 11.3. The van der Waals surface area contributed by atoms with Gasteiger partial charge in [0.2, 0.25) is 5.91 Å². The Balaban J connectivity index is 1.52. The van der Waals surface area contributed by atoms with E-state index in [2.05, 4.69) is 16.0 Å². The summed E-state index contributed by atoms with van der Waals surface area (Å²) in [7, 11) is 0. The van der Waals surface area contributed by atoms with Crippen LogP contribution < -0.4 is 16.0 Å². The molecule has 0 aromatic heterocycles. The van der Waals surface area contributed by atoms with Gasteiger partial charge in [0.1, 0.15) is 5.70 Å². The van der Waals surface area contributed by atoms with E-state index in [1.807, 2.05) is 6.92 Å². The van der Waals surface area contributed by atoms with E-state index in [0.29, 0.717) is 28.1 Å². The number of thioether (sulfide) groups is 1. The zero-order chi connectivity index (χ0) is 33.2. The standard InChI is InChI=1S/C33H27ClN4O7S/c1-2-29(32(41)36-27-18-22(33(42)43)13-16-26(27)34)46-25-10-6-9-23(19-25)35-31(40)28(37-30(39)21-7-4-3-5-8-21)17-20-11-14-24(15-12-20)38(44)45/h3-19,29H,2H2,1H3,(H,35,40)(H,36,41)(H,37,39)(H,42,43)/b28-17+. The first-order valence-electron chi connectivity index (χ1n) is 13.8. The molecule has 0 spiro atoms. The van der Waals surface area contributed by atoms with Crippen molar-refractivity contribution in [2.24, 2.45) is 0 Å². The number of hydrogen-bond donors (Lipinski definition) is 4. The molecular formula is C33H27ClN4O7S. The minimum atomic E-state index is -1.15. The Morgan fingerprint density at radius 3 is 2.28 bits per heavy atom. The second kappa shape index (κ2) is 15.5. The van der Waals surface area contributed by atoms with Crippen LogP contribution >= 0.6 is 23.4 Å². The number of carboxylic acids is 1. The molecule has 0 bridgehead atoms. The maximum atomic E-state index is 13.4. The number of nitrogens with one attached hydrogen (secondary N) is 3. The molecule has 1 atom stereocenters. The minimum absolute atomic E-state index is 0.0224. The molecule has 0 saturated carbocycles. The highest BCUT2D eigenvalue weighted by atomic mass is 35.5. The number of amides is 3. The van der Waals surface area contributed by atoms with Crippen molar-refractivity contribution in [2.75, 3.05) is 10.6 Å². The van der Waals surface area contributed by atoms with Crippen LogP contribution in [0, 0.1) is 10.1 Å². The fourth-order valence-corrected chi connectivity index (χ4v) is 5.28. The van der Waals surface area contributed by atoms with Crippen molar-refractivity contribution in [1.29, 1.82) is 0 Å². The van der Waals surface area contributed by atoms with Crippen molar-refractivity contribution in [3.63, 3.8) is 0 Å². The van der Waals surface area contributed by atoms with E-state index in [-0.39, 0.29) is 33.6 Å². The first-order valence-corrected chi connectivity index (χ1v) is 15.0. The third-order valence-electron chi connectivity index (χ3n) is 6.45. The molecule has 4 N–H and O–H groups in total. The number of anilines is 2. The second-order valence-corrected chi connectivity index (χ2v) is 11.4. The lowest BCUT2D eigenvalue weighted by atomic mass is 10.1. The molecule has 0 saturated heterocycles. The summed E-state index contributed by atoms with van der Waals surface area (Å²) in [4.78, 5) is 62.0. The number of aromatic carboxylic acids is 1. The third-order valence-corrected chi connectivity index (χ3v) is 8.14. The minimum Gasteiger partial charge on any atom is -0.478 e. The molecular weight excluding hydrogens is 632 g/mol. The molecule has 4 aromatic carbocycles. The molecule has 0 aliphatic rings. The summed E-state index contributed by atoms with van der Waals surface area (Å²) in [5, 5.41) is 28.0. The normalized spacial score (nSPS) is 11.7. The number of rotatable bonds is 12. The topological polar surface area (TPSA) is 168 Å². The van der Waals surface area contributed by atoms with Gasteiger partial charge in [0.25, 0.3) is 17.5 Å². The monoisotopic (exact) mass is 658 g/mol. The van der Waals surface area contributed by atoms with E-state index < -0.39 is 28.0 Å². The highest BCUT2D eigenvalue weighted by molar-refractivity contribution is 8.00. The molecule has 0 heterocycles. The van der Waals surface area contributed by atoms with Gasteiger partial charge in [-0.05, 0) is 78.7 Å². The number of nitro benzene ring substituents is 1. The van der Waals surface area contributed by atoms with Crippen LogP contribution in [0.5, 0.6) is 0 Å². The summed E-state index contributed by atoms with van der Waals surface area (Å²) in [6.45, 7) is 1.82. The quantitative estimate of drug-likeness (QED) is 0.0554. The fraction of sp³-hybridized carbons (Fsp3) is 0.0909. The summed E-state index contributed by atoms with van der Waals surface area (Å²) in [6, 6.07) is 24.6. The summed E-state index contributed by atoms with van der Waals surface area (Å²) in [5.74, 6) is -2.72. The van der Waals surface area contributed by atoms with Gasteiger partial charge in [-0.25, -0.2) is 4.79 Å². The Bertz CT molecular complexity index is 1810. The van der Waals surface area contributed by atoms with E-state index in [1.165, 1.54) is 60.3 Å². The van der Waals surface area contributed by atoms with Crippen molar-refractivity contribution in [1.82, 2.24) is 5.32 Å². The van der Waals surface area contributed by atoms with Crippen molar-refractivity contribution in [3.05, 3.63) is 135 Å². The van der Waals surface area contributed by atoms with Crippen LogP contribution in [0.25, 0.3) is 6.08 Å². The van der Waals surface area contributed by atoms with Gasteiger partial charge >= 0.3 is 5.97 Å². The van der Waals surface area contributed by atoms with E-state index in [1.54, 1.807) is 54.6 Å². The number of hydrogen-bond acceptors (Lipinski definition) is 7. The van der Waals surface area contributed by atoms with Crippen LogP contribution in [-0.4, -0.2) is 39.0 Å². The average Bonchev–Trinajstić information content (AvgIpc) is 3.04. The summed E-state index contributed by atoms with van der Waals surface area (Å²) in [5.41, 5.74) is 1.07. The predicted molar refractivity (Wildman–Crippen MR) is 177 cm³/mol. The van der Waals surface area contributed by atoms with E-state index in [4.69, 9.17) is 11.6 Å². The van der Waals surface area contributed by atoms with E-state index in [9.17, 15) is 34.4 Å². The molecule has 0 radical (unpaired) electrons. The van der Waals surface area contributed by atoms with Crippen molar-refractivity contribution in [3.8, 4) is 0 Å². The zero-order valence-electron chi connectivity index (χ0n) is 24.2. The average molecular weight is 659 g/mol. The highest BCUT2D eigenvalue weighted by Crippen LogP contribution is 2.30. The number of carboxylic acid groups (broad SMARTS) is 1. The predicted octanol–water partition coefficient (Wildman–Crippen LogP) is 6.87. The number of nitro groups is 1. The Morgan fingerprint density at radius 1 is 0.913 bits per heavy atom. The summed E-state index contributed by atoms with van der Waals surface area (Å²) < 4.78 is 0. The number of carbonyl (C=O) groups excluding carboxylic acids is 3. The molecule has 1 unspecified atom stereocenters. The second-order valence-electron chi connectivity index (χ2n) is 9.71. The number of nitrogens with zero attached hydrogens (tertiary/aromatic N) is 1. The Morgan fingerprint density at radius 2 is 1.63 bits per heavy atom. The molecule has 3 amide bonds. The van der Waals surface area contributed by atoms with Crippen molar-refractivity contribution < 1.29 is 29.2 Å². The fourth-order valence-electron chi connectivity index (χ4n) is 4.10. The van der Waals surface area contributed by atoms with Gasteiger partial charge < -0.3 is 21.1 Å². The van der Waals surface area contributed by atoms with Gasteiger partial charge in [0.05, 0.1) is 26.4 Å². The van der Waals surface area contributed by atoms with Gasteiger partial charge in [0.15, 0.2) is 0 Å². The molecule has 11 nitrogen and oxygen atoms in total. The SMILES string of the molecule is CCC(Sc1cccc(NC(=O)/C(=C\c2ccc([N+](=O)[O-])cc2)NC(=O)c2ccccc2)c1)C(=O)Nc1cc(C(=O)O)ccc1Cl. The lowest BCUT2D eigenvalue weighted by molar-refractivity contribution is -0.384. The van der Waals surface area contributed by atoms with Gasteiger partial charge in [-0.15, -0.1) is 11.8 Å². The van der Waals surface area contributed by atoms with E-state index >= 15 is 0 Å². The molecule has 0 aliphatic heterocycles. The van der Waals surface area contributed by atoms with Crippen LogP contribution in [0.4, 0.5) is 17.1 Å².